The topological polar surface area (TPSA) is 26.0 Å². The Morgan fingerprint density at radius 3 is 2.18 bits per heavy atom. The van der Waals surface area contributed by atoms with Crippen molar-refractivity contribution in [1.82, 2.24) is 0 Å². The lowest BCUT2D eigenvalue weighted by Crippen LogP contribution is -2.45. The van der Waals surface area contributed by atoms with Crippen LogP contribution in [0.1, 0.15) is 39.2 Å². The number of halogens is 1. The normalized spacial score (nSPS) is 15.6. The molecule has 96 valence electrons. The van der Waals surface area contributed by atoms with Crippen LogP contribution >= 0.6 is 0 Å². The minimum absolute atomic E-state index is 0.102. The minimum Gasteiger partial charge on any atom is -0.328 e. The zero-order chi connectivity index (χ0) is 12.9. The molecule has 2 heteroatoms. The number of benzene rings is 1. The molecule has 1 atom stereocenters. The van der Waals surface area contributed by atoms with E-state index in [0.29, 0.717) is 6.42 Å². The summed E-state index contributed by atoms with van der Waals surface area (Å²) in [5, 5.41) is 0. The van der Waals surface area contributed by atoms with Gasteiger partial charge in [-0.3, -0.25) is 0 Å². The number of nitrogens with two attached hydrogens (primary N) is 1. The van der Waals surface area contributed by atoms with E-state index in [1.54, 1.807) is 0 Å². The first kappa shape index (κ1) is 14.2. The summed E-state index contributed by atoms with van der Waals surface area (Å²) in [5.74, 6) is 0. The van der Waals surface area contributed by atoms with Crippen LogP contribution in [0.3, 0.4) is 0 Å². The third-order valence-corrected chi connectivity index (χ3v) is 3.55. The van der Waals surface area contributed by atoms with Gasteiger partial charge in [-0.15, -0.1) is 0 Å². The van der Waals surface area contributed by atoms with Crippen LogP contribution in [-0.2, 0) is 6.42 Å². The summed E-state index contributed by atoms with van der Waals surface area (Å²) in [7, 11) is 0. The number of aryl methyl sites for hydroxylation is 1. The van der Waals surface area contributed by atoms with E-state index >= 15 is 0 Å². The monoisotopic (exact) mass is 237 g/mol. The molecule has 0 aliphatic rings. The Kier molecular flexibility index (Phi) is 4.70. The van der Waals surface area contributed by atoms with Gasteiger partial charge in [-0.05, 0) is 30.2 Å². The number of hydrogen-bond donors (Lipinski definition) is 1. The van der Waals surface area contributed by atoms with E-state index in [-0.39, 0.29) is 6.54 Å². The average Bonchev–Trinajstić information content (AvgIpc) is 2.28. The highest BCUT2D eigenvalue weighted by atomic mass is 19.1. The van der Waals surface area contributed by atoms with Crippen molar-refractivity contribution in [3.8, 4) is 0 Å². The van der Waals surface area contributed by atoms with Crippen LogP contribution in [0.2, 0.25) is 0 Å². The molecule has 1 aromatic carbocycles. The Balaban J connectivity index is 2.50. The predicted molar refractivity (Wildman–Crippen MR) is 71.7 cm³/mol. The molecule has 0 fully saturated rings. The number of hydrogen-bond acceptors (Lipinski definition) is 1. The highest BCUT2D eigenvalue weighted by Crippen LogP contribution is 2.37. The van der Waals surface area contributed by atoms with Gasteiger partial charge in [0.2, 0.25) is 0 Å². The SMILES string of the molecule is CC(C)(C)C(F)(CN)CCCc1ccccc1. The van der Waals surface area contributed by atoms with Gasteiger partial charge >= 0.3 is 0 Å². The van der Waals surface area contributed by atoms with Crippen molar-refractivity contribution in [2.45, 2.75) is 45.7 Å². The van der Waals surface area contributed by atoms with E-state index in [0.717, 1.165) is 12.8 Å². The Labute approximate surface area is 104 Å². The van der Waals surface area contributed by atoms with Crippen LogP contribution in [0.5, 0.6) is 0 Å². The molecule has 1 nitrogen and oxygen atoms in total. The van der Waals surface area contributed by atoms with Gasteiger partial charge in [0, 0.05) is 6.54 Å². The second-order valence-electron chi connectivity index (χ2n) is 5.76. The Hall–Kier alpha value is -0.890. The maximum Gasteiger partial charge on any atom is 0.128 e. The average molecular weight is 237 g/mol. The van der Waals surface area contributed by atoms with Gasteiger partial charge in [-0.25, -0.2) is 4.39 Å². The molecule has 2 N–H and O–H groups in total. The highest BCUT2D eigenvalue weighted by Gasteiger charge is 2.40. The van der Waals surface area contributed by atoms with Crippen molar-refractivity contribution in [3.63, 3.8) is 0 Å². The van der Waals surface area contributed by atoms with Crippen LogP contribution in [-0.4, -0.2) is 12.2 Å². The van der Waals surface area contributed by atoms with Gasteiger partial charge < -0.3 is 5.73 Å². The molecule has 0 radical (unpaired) electrons. The summed E-state index contributed by atoms with van der Waals surface area (Å²) in [6.45, 7) is 5.86. The fraction of sp³-hybridized carbons (Fsp3) is 0.600. The molecule has 0 bridgehead atoms. The third-order valence-electron chi connectivity index (χ3n) is 3.55. The van der Waals surface area contributed by atoms with Crippen LogP contribution in [0.15, 0.2) is 30.3 Å². The van der Waals surface area contributed by atoms with E-state index in [9.17, 15) is 4.39 Å². The zero-order valence-electron chi connectivity index (χ0n) is 11.2. The maximum absolute atomic E-state index is 14.6. The molecule has 1 unspecified atom stereocenters. The fourth-order valence-corrected chi connectivity index (χ4v) is 2.00. The smallest absolute Gasteiger partial charge is 0.128 e. The lowest BCUT2D eigenvalue weighted by Gasteiger charge is -2.37. The zero-order valence-corrected chi connectivity index (χ0v) is 11.2. The lowest BCUT2D eigenvalue weighted by atomic mass is 9.75. The van der Waals surface area contributed by atoms with E-state index in [4.69, 9.17) is 5.73 Å². The van der Waals surface area contributed by atoms with Crippen LogP contribution < -0.4 is 5.73 Å². The molecule has 0 spiro atoms. The van der Waals surface area contributed by atoms with E-state index < -0.39 is 11.1 Å². The van der Waals surface area contributed by atoms with Gasteiger partial charge in [0.25, 0.3) is 0 Å². The van der Waals surface area contributed by atoms with Gasteiger partial charge in [-0.1, -0.05) is 51.1 Å². The highest BCUT2D eigenvalue weighted by molar-refractivity contribution is 5.14. The molecule has 17 heavy (non-hydrogen) atoms. The molecule has 1 aromatic rings. The molecular formula is C15H24FN. The molecule has 0 amide bonds. The molecule has 0 aliphatic heterocycles. The van der Waals surface area contributed by atoms with Crippen molar-refractivity contribution < 1.29 is 4.39 Å². The van der Waals surface area contributed by atoms with Gasteiger partial charge in [-0.2, -0.15) is 0 Å². The Morgan fingerprint density at radius 2 is 1.71 bits per heavy atom. The maximum atomic E-state index is 14.6. The van der Waals surface area contributed by atoms with Crippen LogP contribution in [0, 0.1) is 5.41 Å². The lowest BCUT2D eigenvalue weighted by molar-refractivity contribution is 0.0274. The first-order valence-corrected chi connectivity index (χ1v) is 6.32. The van der Waals surface area contributed by atoms with E-state index in [1.165, 1.54) is 5.56 Å². The summed E-state index contributed by atoms with van der Waals surface area (Å²) >= 11 is 0. The number of alkyl halides is 1. The van der Waals surface area contributed by atoms with Crippen molar-refractivity contribution >= 4 is 0 Å². The molecule has 0 heterocycles. The summed E-state index contributed by atoms with van der Waals surface area (Å²) in [6, 6.07) is 10.2. The van der Waals surface area contributed by atoms with Crippen molar-refractivity contribution in [1.29, 1.82) is 0 Å². The molecule has 0 aliphatic carbocycles. The molecule has 0 saturated carbocycles. The van der Waals surface area contributed by atoms with E-state index in [2.05, 4.69) is 12.1 Å². The van der Waals surface area contributed by atoms with Gasteiger partial charge in [0.1, 0.15) is 5.67 Å². The molecule has 0 saturated heterocycles. The Bertz CT molecular complexity index is 329. The largest absolute Gasteiger partial charge is 0.328 e. The van der Waals surface area contributed by atoms with Crippen LogP contribution in [0.4, 0.5) is 4.39 Å². The van der Waals surface area contributed by atoms with Gasteiger partial charge in [0.05, 0.1) is 0 Å². The molecule has 1 rings (SSSR count). The quantitative estimate of drug-likeness (QED) is 0.829. The molecular weight excluding hydrogens is 213 g/mol. The standard InChI is InChI=1S/C15H24FN/c1-14(2,3)15(16,12-17)11-7-10-13-8-5-4-6-9-13/h4-6,8-9H,7,10-12,17H2,1-3H3. The van der Waals surface area contributed by atoms with Crippen molar-refractivity contribution in [2.24, 2.45) is 11.1 Å². The number of rotatable bonds is 5. The summed E-state index contributed by atoms with van der Waals surface area (Å²) in [6.07, 6.45) is 2.29. The Morgan fingerprint density at radius 1 is 1.12 bits per heavy atom. The fourth-order valence-electron chi connectivity index (χ4n) is 2.00. The minimum atomic E-state index is -1.26. The van der Waals surface area contributed by atoms with Crippen molar-refractivity contribution in [3.05, 3.63) is 35.9 Å². The summed E-state index contributed by atoms with van der Waals surface area (Å²) in [5.41, 5.74) is 5.21. The van der Waals surface area contributed by atoms with Gasteiger partial charge in [0.15, 0.2) is 0 Å². The van der Waals surface area contributed by atoms with E-state index in [1.807, 2.05) is 39.0 Å². The predicted octanol–water partition coefficient (Wildman–Crippen LogP) is 3.72. The first-order valence-electron chi connectivity index (χ1n) is 6.32. The summed E-state index contributed by atoms with van der Waals surface area (Å²) < 4.78 is 14.6. The second kappa shape index (κ2) is 5.63. The van der Waals surface area contributed by atoms with Crippen molar-refractivity contribution in [2.75, 3.05) is 6.54 Å². The second-order valence-corrected chi connectivity index (χ2v) is 5.76. The first-order chi connectivity index (χ1) is 7.89. The third kappa shape index (κ3) is 3.81. The molecule has 0 aromatic heterocycles. The van der Waals surface area contributed by atoms with Crippen LogP contribution in [0.25, 0.3) is 0 Å². The summed E-state index contributed by atoms with van der Waals surface area (Å²) in [4.78, 5) is 0.